The summed E-state index contributed by atoms with van der Waals surface area (Å²) in [6.07, 6.45) is 3.48. The van der Waals surface area contributed by atoms with Crippen LogP contribution in [-0.4, -0.2) is 30.1 Å². The van der Waals surface area contributed by atoms with Crippen molar-refractivity contribution in [3.63, 3.8) is 0 Å². The number of aromatic nitrogens is 1. The lowest BCUT2D eigenvalue weighted by Gasteiger charge is -2.35. The standard InChI is InChI=1S/C26H26N4O2/c1-28-23-6-3-2-5-21(23)25(22(17-27)26(28)32)29-15-12-19(13-16-29)18-8-10-20(11-9-18)30-14-4-7-24(30)31/h2-3,5-6,8-11,19H,4,7,12-16H2,1H3. The van der Waals surface area contributed by atoms with Gasteiger partial charge in [0, 0.05) is 44.2 Å². The predicted molar refractivity (Wildman–Crippen MR) is 126 cm³/mol. The van der Waals surface area contributed by atoms with E-state index in [1.54, 1.807) is 11.6 Å². The number of anilines is 2. The van der Waals surface area contributed by atoms with Crippen molar-refractivity contribution >= 4 is 28.2 Å². The average Bonchev–Trinajstić information content (AvgIpc) is 3.27. The van der Waals surface area contributed by atoms with Crippen molar-refractivity contribution in [3.05, 3.63) is 70.0 Å². The first kappa shape index (κ1) is 20.3. The fraction of sp³-hybridized carbons (Fsp3) is 0.346. The molecule has 0 saturated carbocycles. The lowest BCUT2D eigenvalue weighted by atomic mass is 9.88. The molecule has 0 atom stereocenters. The number of fused-ring (bicyclic) bond motifs is 1. The van der Waals surface area contributed by atoms with E-state index in [1.165, 1.54) is 5.56 Å². The van der Waals surface area contributed by atoms with Crippen LogP contribution in [0.25, 0.3) is 10.9 Å². The first-order chi connectivity index (χ1) is 15.6. The summed E-state index contributed by atoms with van der Waals surface area (Å²) in [5.74, 6) is 0.638. The van der Waals surface area contributed by atoms with Gasteiger partial charge in [-0.25, -0.2) is 0 Å². The Bertz CT molecular complexity index is 1280. The van der Waals surface area contributed by atoms with E-state index < -0.39 is 0 Å². The number of amides is 1. The van der Waals surface area contributed by atoms with Gasteiger partial charge < -0.3 is 14.4 Å². The number of carbonyl (C=O) groups is 1. The lowest BCUT2D eigenvalue weighted by molar-refractivity contribution is -0.117. The third-order valence-corrected chi connectivity index (χ3v) is 6.95. The van der Waals surface area contributed by atoms with Crippen molar-refractivity contribution in [2.45, 2.75) is 31.6 Å². The minimum absolute atomic E-state index is 0.209. The number of hydrogen-bond acceptors (Lipinski definition) is 4. The summed E-state index contributed by atoms with van der Waals surface area (Å²) in [6, 6.07) is 18.4. The summed E-state index contributed by atoms with van der Waals surface area (Å²) in [5, 5.41) is 10.7. The summed E-state index contributed by atoms with van der Waals surface area (Å²) in [4.78, 5) is 28.9. The van der Waals surface area contributed by atoms with Crippen LogP contribution >= 0.6 is 0 Å². The molecule has 0 radical (unpaired) electrons. The molecule has 3 heterocycles. The van der Waals surface area contributed by atoms with E-state index in [0.29, 0.717) is 12.3 Å². The summed E-state index contributed by atoms with van der Waals surface area (Å²) in [5.41, 5.74) is 3.88. The zero-order valence-corrected chi connectivity index (χ0v) is 18.3. The molecule has 1 amide bonds. The maximum atomic E-state index is 12.8. The topological polar surface area (TPSA) is 69.3 Å². The molecule has 1 aromatic heterocycles. The van der Waals surface area contributed by atoms with Gasteiger partial charge in [0.1, 0.15) is 11.6 Å². The van der Waals surface area contributed by atoms with E-state index in [0.717, 1.165) is 61.2 Å². The molecule has 2 fully saturated rings. The third-order valence-electron chi connectivity index (χ3n) is 6.95. The minimum Gasteiger partial charge on any atom is -0.370 e. The number of rotatable bonds is 3. The Morgan fingerprint density at radius 1 is 0.969 bits per heavy atom. The number of aryl methyl sites for hydroxylation is 1. The van der Waals surface area contributed by atoms with Gasteiger partial charge >= 0.3 is 0 Å². The highest BCUT2D eigenvalue weighted by atomic mass is 16.2. The smallest absolute Gasteiger partial charge is 0.270 e. The molecular formula is C26H26N4O2. The molecule has 2 aliphatic rings. The van der Waals surface area contributed by atoms with Crippen molar-refractivity contribution in [2.24, 2.45) is 7.05 Å². The van der Waals surface area contributed by atoms with Gasteiger partial charge in [-0.3, -0.25) is 9.59 Å². The number of nitriles is 1. The number of carbonyl (C=O) groups excluding carboxylic acids is 1. The van der Waals surface area contributed by atoms with Gasteiger partial charge in [0.05, 0.1) is 11.2 Å². The van der Waals surface area contributed by atoms with Crippen LogP contribution in [0.15, 0.2) is 53.3 Å². The van der Waals surface area contributed by atoms with Gasteiger partial charge in [0.2, 0.25) is 5.91 Å². The highest BCUT2D eigenvalue weighted by molar-refractivity contribution is 5.95. The van der Waals surface area contributed by atoms with Crippen LogP contribution in [0, 0.1) is 11.3 Å². The van der Waals surface area contributed by atoms with E-state index in [1.807, 2.05) is 29.2 Å². The Morgan fingerprint density at radius 3 is 2.34 bits per heavy atom. The molecule has 0 aliphatic carbocycles. The van der Waals surface area contributed by atoms with E-state index in [2.05, 4.69) is 35.2 Å². The van der Waals surface area contributed by atoms with Crippen molar-refractivity contribution in [1.29, 1.82) is 5.26 Å². The molecule has 2 aromatic carbocycles. The summed E-state index contributed by atoms with van der Waals surface area (Å²) >= 11 is 0. The maximum absolute atomic E-state index is 12.8. The van der Waals surface area contributed by atoms with Gasteiger partial charge in [-0.2, -0.15) is 5.26 Å². The summed E-state index contributed by atoms with van der Waals surface area (Å²) in [7, 11) is 1.72. The molecule has 2 saturated heterocycles. The molecule has 6 nitrogen and oxygen atoms in total. The Morgan fingerprint density at radius 2 is 1.69 bits per heavy atom. The quantitative estimate of drug-likeness (QED) is 0.637. The van der Waals surface area contributed by atoms with Crippen molar-refractivity contribution in [3.8, 4) is 6.07 Å². The number of pyridine rings is 1. The number of benzene rings is 2. The molecule has 3 aromatic rings. The molecule has 0 N–H and O–H groups in total. The Balaban J connectivity index is 1.38. The van der Waals surface area contributed by atoms with E-state index in [9.17, 15) is 14.9 Å². The van der Waals surface area contributed by atoms with Gasteiger partial charge in [0.25, 0.3) is 5.56 Å². The monoisotopic (exact) mass is 426 g/mol. The molecule has 0 spiro atoms. The first-order valence-corrected chi connectivity index (χ1v) is 11.3. The fourth-order valence-electron chi connectivity index (χ4n) is 5.19. The molecule has 0 unspecified atom stereocenters. The highest BCUT2D eigenvalue weighted by Gasteiger charge is 2.26. The fourth-order valence-corrected chi connectivity index (χ4v) is 5.19. The molecule has 6 heteroatoms. The number of hydrogen-bond donors (Lipinski definition) is 0. The maximum Gasteiger partial charge on any atom is 0.270 e. The number of nitrogens with zero attached hydrogens (tertiary/aromatic N) is 4. The third kappa shape index (κ3) is 3.34. The second kappa shape index (κ2) is 8.16. The molecule has 162 valence electrons. The highest BCUT2D eigenvalue weighted by Crippen LogP contribution is 2.35. The molecule has 2 aliphatic heterocycles. The number of para-hydroxylation sites is 1. The summed E-state index contributed by atoms with van der Waals surface area (Å²) in [6.45, 7) is 2.40. The van der Waals surface area contributed by atoms with Gasteiger partial charge in [-0.1, -0.05) is 30.3 Å². The Kier molecular flexibility index (Phi) is 5.18. The van der Waals surface area contributed by atoms with E-state index in [-0.39, 0.29) is 17.0 Å². The van der Waals surface area contributed by atoms with Crippen LogP contribution in [0.4, 0.5) is 11.4 Å². The van der Waals surface area contributed by atoms with Crippen molar-refractivity contribution in [2.75, 3.05) is 29.4 Å². The second-order valence-electron chi connectivity index (χ2n) is 8.72. The van der Waals surface area contributed by atoms with Gasteiger partial charge in [0.15, 0.2) is 0 Å². The zero-order chi connectivity index (χ0) is 22.2. The van der Waals surface area contributed by atoms with Gasteiger partial charge in [-0.15, -0.1) is 0 Å². The average molecular weight is 427 g/mol. The summed E-state index contributed by atoms with van der Waals surface area (Å²) < 4.78 is 1.57. The van der Waals surface area contributed by atoms with E-state index in [4.69, 9.17) is 0 Å². The minimum atomic E-state index is -0.240. The van der Waals surface area contributed by atoms with Crippen LogP contribution in [0.1, 0.15) is 42.7 Å². The van der Waals surface area contributed by atoms with Crippen molar-refractivity contribution in [1.82, 2.24) is 4.57 Å². The van der Waals surface area contributed by atoms with Crippen LogP contribution in [-0.2, 0) is 11.8 Å². The Hall–Kier alpha value is -3.59. The SMILES string of the molecule is Cn1c(=O)c(C#N)c(N2CCC(c3ccc(N4CCCC4=O)cc3)CC2)c2ccccc21. The van der Waals surface area contributed by atoms with Crippen molar-refractivity contribution < 1.29 is 4.79 Å². The van der Waals surface area contributed by atoms with Crippen LogP contribution in [0.3, 0.4) is 0 Å². The number of piperidine rings is 1. The normalized spacial score (nSPS) is 17.2. The van der Waals surface area contributed by atoms with Gasteiger partial charge in [-0.05, 0) is 48.9 Å². The predicted octanol–water partition coefficient (Wildman–Crippen LogP) is 3.92. The van der Waals surface area contributed by atoms with Crippen LogP contribution < -0.4 is 15.4 Å². The molecule has 5 rings (SSSR count). The second-order valence-corrected chi connectivity index (χ2v) is 8.72. The van der Waals surface area contributed by atoms with Crippen LogP contribution in [0.2, 0.25) is 0 Å². The molecule has 32 heavy (non-hydrogen) atoms. The molecular weight excluding hydrogens is 400 g/mol. The van der Waals surface area contributed by atoms with Crippen LogP contribution in [0.5, 0.6) is 0 Å². The zero-order valence-electron chi connectivity index (χ0n) is 18.3. The lowest BCUT2D eigenvalue weighted by Crippen LogP contribution is -2.35. The van der Waals surface area contributed by atoms with E-state index >= 15 is 0 Å². The Labute approximate surface area is 187 Å². The largest absolute Gasteiger partial charge is 0.370 e. The molecule has 0 bridgehead atoms. The first-order valence-electron chi connectivity index (χ1n) is 11.3.